The van der Waals surface area contributed by atoms with Gasteiger partial charge in [0, 0.05) is 12.1 Å². The molecule has 0 atom stereocenters. The summed E-state index contributed by atoms with van der Waals surface area (Å²) >= 11 is 0. The van der Waals surface area contributed by atoms with Gasteiger partial charge in [-0.2, -0.15) is 0 Å². The number of amides is 4. The number of non-ortho nitro benzene ring substituents is 1. The third-order valence-electron chi connectivity index (χ3n) is 6.84. The summed E-state index contributed by atoms with van der Waals surface area (Å²) in [6, 6.07) is 24.4. The van der Waals surface area contributed by atoms with E-state index >= 15 is 0 Å². The molecule has 228 valence electrons. The fourth-order valence-corrected chi connectivity index (χ4v) is 4.48. The second-order valence-corrected chi connectivity index (χ2v) is 10.1. The summed E-state index contributed by atoms with van der Waals surface area (Å²) in [4.78, 5) is 50.2. The molecule has 1 N–H and O–H groups in total. The Hall–Kier alpha value is -5.97. The lowest BCUT2D eigenvalue weighted by molar-refractivity contribution is -0.384. The van der Waals surface area contributed by atoms with Crippen molar-refractivity contribution in [3.05, 3.63) is 129 Å². The topological polar surface area (TPSA) is 137 Å². The summed E-state index contributed by atoms with van der Waals surface area (Å²) < 4.78 is 17.4. The highest BCUT2D eigenvalue weighted by molar-refractivity contribution is 6.39. The van der Waals surface area contributed by atoms with Crippen LogP contribution < -0.4 is 24.4 Å². The number of benzene rings is 4. The molecule has 0 spiro atoms. The molecule has 1 aliphatic rings. The van der Waals surface area contributed by atoms with E-state index in [0.29, 0.717) is 41.6 Å². The predicted octanol–water partition coefficient (Wildman–Crippen LogP) is 6.13. The minimum Gasteiger partial charge on any atom is -0.490 e. The Kier molecular flexibility index (Phi) is 9.18. The van der Waals surface area contributed by atoms with E-state index in [-0.39, 0.29) is 23.6 Å². The van der Waals surface area contributed by atoms with Crippen LogP contribution in [0.3, 0.4) is 0 Å². The van der Waals surface area contributed by atoms with Crippen LogP contribution in [-0.4, -0.2) is 29.4 Å². The van der Waals surface area contributed by atoms with Crippen LogP contribution in [0.1, 0.15) is 29.2 Å². The van der Waals surface area contributed by atoms with Crippen LogP contribution in [0.25, 0.3) is 6.08 Å². The molecule has 4 aromatic carbocycles. The zero-order chi connectivity index (χ0) is 31.9. The Balaban J connectivity index is 1.31. The highest BCUT2D eigenvalue weighted by Crippen LogP contribution is 2.31. The lowest BCUT2D eigenvalue weighted by Crippen LogP contribution is -2.54. The van der Waals surface area contributed by atoms with Gasteiger partial charge in [-0.1, -0.05) is 35.9 Å². The van der Waals surface area contributed by atoms with Crippen LogP contribution >= 0.6 is 0 Å². The van der Waals surface area contributed by atoms with Crippen molar-refractivity contribution >= 4 is 35.3 Å². The maximum Gasteiger partial charge on any atom is 0.335 e. The molecule has 45 heavy (non-hydrogen) atoms. The number of barbiturate groups is 1. The molecule has 0 unspecified atom stereocenters. The Labute approximate surface area is 258 Å². The number of nitrogens with zero attached hydrogens (tertiary/aromatic N) is 2. The summed E-state index contributed by atoms with van der Waals surface area (Å²) in [6.45, 7) is 4.61. The number of carbonyl (C=O) groups is 3. The second-order valence-electron chi connectivity index (χ2n) is 10.1. The van der Waals surface area contributed by atoms with Crippen molar-refractivity contribution in [1.82, 2.24) is 5.32 Å². The van der Waals surface area contributed by atoms with Crippen LogP contribution in [0.15, 0.2) is 96.6 Å². The number of nitrogens with one attached hydrogen (secondary N) is 1. The van der Waals surface area contributed by atoms with E-state index in [1.807, 2.05) is 31.2 Å². The lowest BCUT2D eigenvalue weighted by atomic mass is 10.1. The quantitative estimate of drug-likeness (QED) is 0.0931. The van der Waals surface area contributed by atoms with Gasteiger partial charge in [0.25, 0.3) is 17.5 Å². The minimum absolute atomic E-state index is 0.0207. The first-order chi connectivity index (χ1) is 21.7. The zero-order valence-electron chi connectivity index (χ0n) is 24.5. The molecule has 0 aromatic heterocycles. The lowest BCUT2D eigenvalue weighted by Gasteiger charge is -2.26. The van der Waals surface area contributed by atoms with Gasteiger partial charge in [-0.15, -0.1) is 0 Å². The molecule has 1 fully saturated rings. The standard InChI is InChI=1S/C34H29N3O8/c1-3-43-31-19-25(10-17-30(31)45-21-24-8-11-27(12-9-24)37(41)42)18-29-32(38)35-34(40)36(33(29)39)26-13-15-28(16-14-26)44-20-23-6-4-22(2)5-7-23/h4-19H,3,20-21H2,1-2H3,(H,35,38,40)/b29-18+. The fraction of sp³-hybridized carbons (Fsp3) is 0.147. The molecule has 11 nitrogen and oxygen atoms in total. The Morgan fingerprint density at radius 3 is 2.09 bits per heavy atom. The number of aryl methyl sites for hydroxylation is 1. The predicted molar refractivity (Wildman–Crippen MR) is 166 cm³/mol. The number of anilines is 1. The first-order valence-electron chi connectivity index (χ1n) is 14.0. The van der Waals surface area contributed by atoms with Crippen molar-refractivity contribution in [1.29, 1.82) is 0 Å². The van der Waals surface area contributed by atoms with Crippen LogP contribution in [0.2, 0.25) is 0 Å². The molecule has 0 bridgehead atoms. The third-order valence-corrected chi connectivity index (χ3v) is 6.84. The molecule has 5 rings (SSSR count). The van der Waals surface area contributed by atoms with Crippen molar-refractivity contribution < 1.29 is 33.5 Å². The van der Waals surface area contributed by atoms with Crippen LogP contribution in [0, 0.1) is 17.0 Å². The second kappa shape index (κ2) is 13.6. The third kappa shape index (κ3) is 7.34. The Morgan fingerprint density at radius 1 is 0.800 bits per heavy atom. The van der Waals surface area contributed by atoms with E-state index in [0.717, 1.165) is 16.0 Å². The number of hydrogen-bond donors (Lipinski definition) is 1. The van der Waals surface area contributed by atoms with Gasteiger partial charge in [0.2, 0.25) is 0 Å². The Bertz CT molecular complexity index is 1770. The summed E-state index contributed by atoms with van der Waals surface area (Å²) in [5.74, 6) is -0.287. The van der Waals surface area contributed by atoms with E-state index in [1.165, 1.54) is 18.2 Å². The van der Waals surface area contributed by atoms with Gasteiger partial charge in [-0.25, -0.2) is 9.69 Å². The van der Waals surface area contributed by atoms with Crippen LogP contribution in [0.4, 0.5) is 16.2 Å². The molecule has 0 saturated carbocycles. The Morgan fingerprint density at radius 2 is 1.44 bits per heavy atom. The highest BCUT2D eigenvalue weighted by atomic mass is 16.6. The van der Waals surface area contributed by atoms with E-state index in [9.17, 15) is 24.5 Å². The molecule has 4 amide bonds. The van der Waals surface area contributed by atoms with Gasteiger partial charge >= 0.3 is 6.03 Å². The first-order valence-corrected chi connectivity index (χ1v) is 14.0. The van der Waals surface area contributed by atoms with Crippen molar-refractivity contribution in [3.63, 3.8) is 0 Å². The van der Waals surface area contributed by atoms with Gasteiger partial charge in [-0.05, 0) is 85.1 Å². The summed E-state index contributed by atoms with van der Waals surface area (Å²) in [5.41, 5.74) is 3.34. The summed E-state index contributed by atoms with van der Waals surface area (Å²) in [5, 5.41) is 13.1. The van der Waals surface area contributed by atoms with Gasteiger partial charge in [0.1, 0.15) is 24.5 Å². The number of urea groups is 1. The number of ether oxygens (including phenoxy) is 3. The smallest absolute Gasteiger partial charge is 0.335 e. The maximum atomic E-state index is 13.4. The van der Waals surface area contributed by atoms with Crippen molar-refractivity contribution in [3.8, 4) is 17.2 Å². The number of nitro benzene ring substituents is 1. The highest BCUT2D eigenvalue weighted by Gasteiger charge is 2.36. The van der Waals surface area contributed by atoms with Gasteiger partial charge < -0.3 is 14.2 Å². The fourth-order valence-electron chi connectivity index (χ4n) is 4.48. The van der Waals surface area contributed by atoms with Gasteiger partial charge in [0.15, 0.2) is 11.5 Å². The van der Waals surface area contributed by atoms with E-state index < -0.39 is 22.8 Å². The normalized spacial score (nSPS) is 13.9. The summed E-state index contributed by atoms with van der Waals surface area (Å²) in [7, 11) is 0. The maximum absolute atomic E-state index is 13.4. The molecular weight excluding hydrogens is 578 g/mol. The molecule has 11 heteroatoms. The number of carbonyl (C=O) groups excluding carboxylic acids is 3. The molecule has 1 heterocycles. The summed E-state index contributed by atoms with van der Waals surface area (Å²) in [6.07, 6.45) is 1.37. The van der Waals surface area contributed by atoms with Crippen molar-refractivity contribution in [2.75, 3.05) is 11.5 Å². The van der Waals surface area contributed by atoms with Crippen LogP contribution in [0.5, 0.6) is 17.2 Å². The molecule has 0 radical (unpaired) electrons. The molecule has 1 aliphatic heterocycles. The van der Waals surface area contributed by atoms with Gasteiger partial charge in [-0.3, -0.25) is 25.0 Å². The zero-order valence-corrected chi connectivity index (χ0v) is 24.5. The van der Waals surface area contributed by atoms with E-state index in [4.69, 9.17) is 14.2 Å². The average Bonchev–Trinajstić information content (AvgIpc) is 3.03. The average molecular weight is 608 g/mol. The van der Waals surface area contributed by atoms with Crippen molar-refractivity contribution in [2.24, 2.45) is 0 Å². The first kappa shape index (κ1) is 30.5. The van der Waals surface area contributed by atoms with Gasteiger partial charge in [0.05, 0.1) is 17.2 Å². The van der Waals surface area contributed by atoms with E-state index in [2.05, 4.69) is 5.32 Å². The number of imide groups is 2. The minimum atomic E-state index is -0.861. The molecule has 4 aromatic rings. The SMILES string of the molecule is CCOc1cc(/C=C2\C(=O)NC(=O)N(c3ccc(OCc4ccc(C)cc4)cc3)C2=O)ccc1OCc1ccc([N+](=O)[O-])cc1. The molecule has 1 saturated heterocycles. The monoisotopic (exact) mass is 607 g/mol. The van der Waals surface area contributed by atoms with Crippen molar-refractivity contribution in [2.45, 2.75) is 27.1 Å². The number of rotatable bonds is 11. The number of hydrogen-bond acceptors (Lipinski definition) is 8. The number of nitro groups is 1. The largest absolute Gasteiger partial charge is 0.490 e. The molecular formula is C34H29N3O8. The van der Waals surface area contributed by atoms with Crippen LogP contribution in [-0.2, 0) is 22.8 Å². The molecule has 0 aliphatic carbocycles. The van der Waals surface area contributed by atoms with E-state index in [1.54, 1.807) is 61.5 Å².